The van der Waals surface area contributed by atoms with Crippen molar-refractivity contribution < 1.29 is 0 Å². The van der Waals surface area contributed by atoms with E-state index >= 15 is 0 Å². The second-order valence-corrected chi connectivity index (χ2v) is 8.15. The van der Waals surface area contributed by atoms with Gasteiger partial charge < -0.3 is 0 Å². The highest BCUT2D eigenvalue weighted by Gasteiger charge is 2.15. The molecule has 0 atom stereocenters. The summed E-state index contributed by atoms with van der Waals surface area (Å²) in [5, 5.41) is 1.23. The molecule has 1 nitrogen and oxygen atoms in total. The van der Waals surface area contributed by atoms with Crippen LogP contribution in [-0.4, -0.2) is 4.98 Å². The van der Waals surface area contributed by atoms with Crippen molar-refractivity contribution in [3.05, 3.63) is 60.8 Å². The van der Waals surface area contributed by atoms with Crippen molar-refractivity contribution in [1.82, 2.24) is 4.98 Å². The monoisotopic (exact) mass is 381 g/mol. The fourth-order valence-corrected chi connectivity index (χ4v) is 4.26. The summed E-state index contributed by atoms with van der Waals surface area (Å²) in [4.78, 5) is 5.71. The first-order valence-corrected chi connectivity index (χ1v) is 9.02. The highest BCUT2D eigenvalue weighted by atomic mass is 35.5. The average molecular weight is 383 g/mol. The number of rotatable bonds is 2. The standard InChI is InChI=1S/C18H14Cl3NS/c1-9-6-14(18-15(19)5-4-10(2)22-18)16(20)7-12(9)13-8-17(21)23-11(13)3/h4-8H,1-3H3. The molecule has 0 amide bonds. The molecule has 0 N–H and O–H groups in total. The van der Waals surface area contributed by atoms with Crippen molar-refractivity contribution in [2.45, 2.75) is 20.8 Å². The molecule has 23 heavy (non-hydrogen) atoms. The van der Waals surface area contributed by atoms with Crippen molar-refractivity contribution in [2.24, 2.45) is 0 Å². The molecule has 0 saturated heterocycles. The van der Waals surface area contributed by atoms with Gasteiger partial charge in [-0.3, -0.25) is 4.98 Å². The minimum Gasteiger partial charge on any atom is -0.252 e. The first-order valence-electron chi connectivity index (χ1n) is 7.07. The van der Waals surface area contributed by atoms with Crippen LogP contribution in [0.5, 0.6) is 0 Å². The number of aryl methyl sites for hydroxylation is 3. The lowest BCUT2D eigenvalue weighted by Crippen LogP contribution is -1.92. The smallest absolute Gasteiger partial charge is 0.0937 e. The number of benzene rings is 1. The van der Waals surface area contributed by atoms with Gasteiger partial charge in [-0.05, 0) is 67.8 Å². The lowest BCUT2D eigenvalue weighted by atomic mass is 9.97. The van der Waals surface area contributed by atoms with Crippen molar-refractivity contribution in [1.29, 1.82) is 0 Å². The molecule has 0 saturated carbocycles. The van der Waals surface area contributed by atoms with Gasteiger partial charge in [0, 0.05) is 16.1 Å². The molecule has 0 bridgehead atoms. The van der Waals surface area contributed by atoms with Crippen LogP contribution >= 0.6 is 46.1 Å². The number of hydrogen-bond donors (Lipinski definition) is 0. The molecule has 0 aliphatic rings. The minimum atomic E-state index is 0.597. The van der Waals surface area contributed by atoms with Gasteiger partial charge in [0.1, 0.15) is 0 Å². The maximum atomic E-state index is 6.54. The van der Waals surface area contributed by atoms with Crippen LogP contribution in [0.1, 0.15) is 16.1 Å². The molecule has 0 unspecified atom stereocenters. The second-order valence-electron chi connectivity index (χ2n) is 5.45. The third-order valence-electron chi connectivity index (χ3n) is 3.73. The highest BCUT2D eigenvalue weighted by Crippen LogP contribution is 2.40. The van der Waals surface area contributed by atoms with E-state index in [1.807, 2.05) is 37.3 Å². The summed E-state index contributed by atoms with van der Waals surface area (Å²) in [7, 11) is 0. The van der Waals surface area contributed by atoms with Gasteiger partial charge in [0.05, 0.1) is 20.1 Å². The predicted molar refractivity (Wildman–Crippen MR) is 102 cm³/mol. The van der Waals surface area contributed by atoms with E-state index in [-0.39, 0.29) is 0 Å². The number of nitrogens with zero attached hydrogens (tertiary/aromatic N) is 1. The Morgan fingerprint density at radius 1 is 0.826 bits per heavy atom. The van der Waals surface area contributed by atoms with E-state index in [9.17, 15) is 0 Å². The Labute approximate surface area is 154 Å². The topological polar surface area (TPSA) is 12.9 Å². The summed E-state index contributed by atoms with van der Waals surface area (Å²) < 4.78 is 0.778. The molecule has 1 aromatic carbocycles. The van der Waals surface area contributed by atoms with E-state index in [4.69, 9.17) is 34.8 Å². The van der Waals surface area contributed by atoms with Gasteiger partial charge in [-0.25, -0.2) is 0 Å². The van der Waals surface area contributed by atoms with E-state index in [0.717, 1.165) is 32.3 Å². The van der Waals surface area contributed by atoms with Gasteiger partial charge in [0.15, 0.2) is 0 Å². The van der Waals surface area contributed by atoms with Crippen molar-refractivity contribution in [3.63, 3.8) is 0 Å². The van der Waals surface area contributed by atoms with Crippen LogP contribution in [-0.2, 0) is 0 Å². The molecule has 0 aliphatic carbocycles. The van der Waals surface area contributed by atoms with Crippen molar-refractivity contribution >= 4 is 46.1 Å². The van der Waals surface area contributed by atoms with Gasteiger partial charge in [-0.1, -0.05) is 34.8 Å². The van der Waals surface area contributed by atoms with E-state index < -0.39 is 0 Å². The Morgan fingerprint density at radius 2 is 1.57 bits per heavy atom. The molecule has 0 aliphatic heterocycles. The summed E-state index contributed by atoms with van der Waals surface area (Å²) in [6, 6.07) is 9.73. The lowest BCUT2D eigenvalue weighted by Gasteiger charge is -2.12. The SMILES string of the molecule is Cc1ccc(Cl)c(-c2cc(C)c(-c3cc(Cl)sc3C)cc2Cl)n1. The molecular formula is C18H14Cl3NS. The molecule has 3 rings (SSSR count). The summed E-state index contributed by atoms with van der Waals surface area (Å²) in [5.41, 5.74) is 5.79. The fraction of sp³-hybridized carbons (Fsp3) is 0.167. The molecule has 118 valence electrons. The molecule has 3 aromatic rings. The van der Waals surface area contributed by atoms with Crippen LogP contribution in [0.3, 0.4) is 0 Å². The van der Waals surface area contributed by atoms with E-state index in [1.165, 1.54) is 4.88 Å². The summed E-state index contributed by atoms with van der Waals surface area (Å²) in [6.07, 6.45) is 0. The Balaban J connectivity index is 2.18. The van der Waals surface area contributed by atoms with Gasteiger partial charge in [0.25, 0.3) is 0 Å². The first kappa shape index (κ1) is 16.8. The average Bonchev–Trinajstić information content (AvgIpc) is 2.82. The van der Waals surface area contributed by atoms with E-state index in [0.29, 0.717) is 15.7 Å². The van der Waals surface area contributed by atoms with E-state index in [2.05, 4.69) is 18.8 Å². The normalized spacial score (nSPS) is 11.0. The zero-order chi connectivity index (χ0) is 16.7. The fourth-order valence-electron chi connectivity index (χ4n) is 2.59. The molecule has 2 aromatic heterocycles. The van der Waals surface area contributed by atoms with Crippen molar-refractivity contribution in [3.8, 4) is 22.4 Å². The Morgan fingerprint density at radius 3 is 2.22 bits per heavy atom. The van der Waals surface area contributed by atoms with Crippen LogP contribution < -0.4 is 0 Å². The Kier molecular flexibility index (Phi) is 4.70. The predicted octanol–water partition coefficient (Wildman–Crippen LogP) is 7.36. The number of thiophene rings is 1. The number of aromatic nitrogens is 1. The second kappa shape index (κ2) is 6.45. The Hall–Kier alpha value is -1.06. The summed E-state index contributed by atoms with van der Waals surface area (Å²) >= 11 is 20.5. The summed E-state index contributed by atoms with van der Waals surface area (Å²) in [6.45, 7) is 6.06. The first-order chi connectivity index (χ1) is 10.9. The van der Waals surface area contributed by atoms with Crippen molar-refractivity contribution in [2.75, 3.05) is 0 Å². The third-order valence-corrected chi connectivity index (χ3v) is 5.53. The molecule has 5 heteroatoms. The van der Waals surface area contributed by atoms with Gasteiger partial charge in [-0.15, -0.1) is 11.3 Å². The van der Waals surface area contributed by atoms with Crippen LogP contribution in [0, 0.1) is 20.8 Å². The molecular weight excluding hydrogens is 369 g/mol. The molecule has 0 spiro atoms. The largest absolute Gasteiger partial charge is 0.252 e. The number of halogens is 3. The maximum absolute atomic E-state index is 6.54. The molecule has 0 fully saturated rings. The molecule has 0 radical (unpaired) electrons. The van der Waals surface area contributed by atoms with Gasteiger partial charge in [0.2, 0.25) is 0 Å². The summed E-state index contributed by atoms with van der Waals surface area (Å²) in [5.74, 6) is 0. The Bertz CT molecular complexity index is 900. The lowest BCUT2D eigenvalue weighted by molar-refractivity contribution is 1.20. The van der Waals surface area contributed by atoms with Crippen LogP contribution in [0.25, 0.3) is 22.4 Å². The van der Waals surface area contributed by atoms with Crippen LogP contribution in [0.4, 0.5) is 0 Å². The third kappa shape index (κ3) is 3.27. The number of hydrogen-bond acceptors (Lipinski definition) is 2. The quantitative estimate of drug-likeness (QED) is 0.451. The van der Waals surface area contributed by atoms with Crippen LogP contribution in [0.2, 0.25) is 14.4 Å². The zero-order valence-electron chi connectivity index (χ0n) is 12.9. The highest BCUT2D eigenvalue weighted by molar-refractivity contribution is 7.16. The zero-order valence-corrected chi connectivity index (χ0v) is 16.0. The van der Waals surface area contributed by atoms with Crippen LogP contribution in [0.15, 0.2) is 30.3 Å². The molecule has 2 heterocycles. The van der Waals surface area contributed by atoms with Gasteiger partial charge >= 0.3 is 0 Å². The van der Waals surface area contributed by atoms with E-state index in [1.54, 1.807) is 11.3 Å². The minimum absolute atomic E-state index is 0.597. The maximum Gasteiger partial charge on any atom is 0.0937 e. The number of pyridine rings is 1. The van der Waals surface area contributed by atoms with Gasteiger partial charge in [-0.2, -0.15) is 0 Å².